The van der Waals surface area contributed by atoms with Gasteiger partial charge < -0.3 is 15.2 Å². The molecule has 1 aromatic rings. The topological polar surface area (TPSA) is 162 Å². The number of nitrogens with two attached hydrogens (primary N) is 1. The first-order valence-corrected chi connectivity index (χ1v) is 10.1. The molecule has 0 unspecified atom stereocenters. The molecule has 0 aromatic heterocycles. The number of hydrogen-bond acceptors (Lipinski definition) is 9. The Morgan fingerprint density at radius 1 is 1.28 bits per heavy atom. The molecule has 0 saturated heterocycles. The van der Waals surface area contributed by atoms with Crippen LogP contribution in [0.2, 0.25) is 0 Å². The molecule has 1 aliphatic carbocycles. The second-order valence-corrected chi connectivity index (χ2v) is 7.96. The monoisotopic (exact) mass is 432 g/mol. The lowest BCUT2D eigenvalue weighted by Gasteiger charge is -2.45. The van der Waals surface area contributed by atoms with Crippen molar-refractivity contribution in [1.82, 2.24) is 4.90 Å². The van der Waals surface area contributed by atoms with Crippen molar-refractivity contribution in [3.63, 3.8) is 0 Å². The lowest BCUT2D eigenvalue weighted by molar-refractivity contribution is -0.386. The van der Waals surface area contributed by atoms with E-state index in [1.54, 1.807) is 0 Å². The van der Waals surface area contributed by atoms with E-state index >= 15 is 0 Å². The Morgan fingerprint density at radius 2 is 1.97 bits per heavy atom. The molecule has 2 N–H and O–H groups in total. The minimum atomic E-state index is -1.96. The van der Waals surface area contributed by atoms with E-state index in [-0.39, 0.29) is 35.1 Å². The number of fused-ring (bicyclic) bond motifs is 2. The SMILES string of the molecule is CCCN1CC=C2C(C#N)=C(N)C(C#N)(C#N)[C@H](c3cc4c(cc3[N+](=O)[O-])OCO4)[C@H]2C1. The Morgan fingerprint density at radius 3 is 2.56 bits per heavy atom. The molecule has 0 radical (unpaired) electrons. The summed E-state index contributed by atoms with van der Waals surface area (Å²) in [6.07, 6.45) is 2.76. The molecule has 0 bridgehead atoms. The quantitative estimate of drug-likeness (QED) is 0.556. The van der Waals surface area contributed by atoms with Crippen molar-refractivity contribution in [2.75, 3.05) is 26.4 Å². The van der Waals surface area contributed by atoms with Gasteiger partial charge in [-0.2, -0.15) is 15.8 Å². The zero-order chi connectivity index (χ0) is 23.0. The number of nitro groups is 1. The summed E-state index contributed by atoms with van der Waals surface area (Å²) in [5, 5.41) is 42.2. The summed E-state index contributed by atoms with van der Waals surface area (Å²) < 4.78 is 10.7. The largest absolute Gasteiger partial charge is 0.454 e. The molecule has 10 heteroatoms. The Balaban J connectivity index is 2.02. The zero-order valence-electron chi connectivity index (χ0n) is 17.4. The first-order valence-electron chi connectivity index (χ1n) is 10.1. The lowest BCUT2D eigenvalue weighted by atomic mass is 9.57. The first-order chi connectivity index (χ1) is 15.4. The third-order valence-electron chi connectivity index (χ3n) is 6.33. The minimum absolute atomic E-state index is 0.0816. The van der Waals surface area contributed by atoms with Gasteiger partial charge >= 0.3 is 0 Å². The van der Waals surface area contributed by atoms with Gasteiger partial charge in [-0.3, -0.25) is 15.0 Å². The summed E-state index contributed by atoms with van der Waals surface area (Å²) in [6.45, 7) is 3.73. The van der Waals surface area contributed by atoms with Gasteiger partial charge in [-0.25, -0.2) is 0 Å². The van der Waals surface area contributed by atoms with Crippen LogP contribution < -0.4 is 15.2 Å². The normalized spacial score (nSPS) is 23.4. The van der Waals surface area contributed by atoms with Crippen LogP contribution in [0.15, 0.2) is 35.1 Å². The van der Waals surface area contributed by atoms with Crippen LogP contribution in [0.4, 0.5) is 5.69 Å². The van der Waals surface area contributed by atoms with Crippen LogP contribution in [0.3, 0.4) is 0 Å². The number of nitrogens with zero attached hydrogens (tertiary/aromatic N) is 5. The van der Waals surface area contributed by atoms with E-state index in [4.69, 9.17) is 15.2 Å². The van der Waals surface area contributed by atoms with Crippen LogP contribution in [-0.4, -0.2) is 36.3 Å². The molecule has 162 valence electrons. The summed E-state index contributed by atoms with van der Waals surface area (Å²) in [7, 11) is 0. The van der Waals surface area contributed by atoms with Crippen molar-refractivity contribution in [1.29, 1.82) is 15.8 Å². The summed E-state index contributed by atoms with van der Waals surface area (Å²) in [5.41, 5.74) is 4.76. The molecule has 1 aromatic carbocycles. The van der Waals surface area contributed by atoms with Crippen molar-refractivity contribution in [2.24, 2.45) is 17.1 Å². The number of rotatable bonds is 4. The van der Waals surface area contributed by atoms with E-state index < -0.39 is 22.2 Å². The number of benzene rings is 1. The van der Waals surface area contributed by atoms with Gasteiger partial charge in [0.1, 0.15) is 6.07 Å². The molecule has 32 heavy (non-hydrogen) atoms. The molecule has 2 aliphatic heterocycles. The van der Waals surface area contributed by atoms with E-state index in [1.807, 2.05) is 25.1 Å². The predicted octanol–water partition coefficient (Wildman–Crippen LogP) is 2.46. The summed E-state index contributed by atoms with van der Waals surface area (Å²) in [4.78, 5) is 13.6. The highest BCUT2D eigenvalue weighted by Gasteiger charge is 2.56. The van der Waals surface area contributed by atoms with Gasteiger partial charge in [-0.05, 0) is 24.6 Å². The number of hydrogen-bond donors (Lipinski definition) is 1. The number of nitro benzene ring substituents is 1. The van der Waals surface area contributed by atoms with Gasteiger partial charge in [0.15, 0.2) is 16.9 Å². The van der Waals surface area contributed by atoms with Gasteiger partial charge in [-0.1, -0.05) is 13.0 Å². The lowest BCUT2D eigenvalue weighted by Crippen LogP contribution is -2.48. The molecule has 0 fully saturated rings. The van der Waals surface area contributed by atoms with Gasteiger partial charge in [-0.15, -0.1) is 0 Å². The van der Waals surface area contributed by atoms with Crippen LogP contribution in [-0.2, 0) is 0 Å². The van der Waals surface area contributed by atoms with Gasteiger partial charge in [0, 0.05) is 30.5 Å². The summed E-state index contributed by atoms with van der Waals surface area (Å²) >= 11 is 0. The highest BCUT2D eigenvalue weighted by molar-refractivity contribution is 5.64. The molecule has 10 nitrogen and oxygen atoms in total. The third-order valence-corrected chi connectivity index (χ3v) is 6.33. The minimum Gasteiger partial charge on any atom is -0.454 e. The zero-order valence-corrected chi connectivity index (χ0v) is 17.4. The van der Waals surface area contributed by atoms with E-state index in [9.17, 15) is 25.9 Å². The Hall–Kier alpha value is -4.07. The summed E-state index contributed by atoms with van der Waals surface area (Å²) in [6, 6.07) is 8.80. The molecular weight excluding hydrogens is 412 g/mol. The van der Waals surface area contributed by atoms with Crippen LogP contribution in [0.5, 0.6) is 11.5 Å². The fourth-order valence-corrected chi connectivity index (χ4v) is 4.94. The fraction of sp³-hybridized carbons (Fsp3) is 0.409. The number of ether oxygens (including phenoxy) is 2. The van der Waals surface area contributed by atoms with Crippen molar-refractivity contribution in [3.8, 4) is 29.7 Å². The van der Waals surface area contributed by atoms with E-state index in [0.29, 0.717) is 24.4 Å². The van der Waals surface area contributed by atoms with Crippen molar-refractivity contribution in [3.05, 3.63) is 50.7 Å². The van der Waals surface area contributed by atoms with E-state index in [2.05, 4.69) is 11.0 Å². The first kappa shape index (κ1) is 21.2. The number of nitriles is 3. The van der Waals surface area contributed by atoms with Crippen LogP contribution >= 0.6 is 0 Å². The highest BCUT2D eigenvalue weighted by atomic mass is 16.7. The number of allylic oxidation sites excluding steroid dienone is 2. The predicted molar refractivity (Wildman–Crippen MR) is 111 cm³/mol. The Kier molecular flexibility index (Phi) is 5.22. The summed E-state index contributed by atoms with van der Waals surface area (Å²) in [5.74, 6) is -0.967. The van der Waals surface area contributed by atoms with Crippen molar-refractivity contribution < 1.29 is 14.4 Å². The van der Waals surface area contributed by atoms with Crippen molar-refractivity contribution >= 4 is 5.69 Å². The maximum atomic E-state index is 12.0. The fourth-order valence-electron chi connectivity index (χ4n) is 4.94. The average molecular weight is 432 g/mol. The van der Waals surface area contributed by atoms with Crippen LogP contribution in [0, 0.1) is 55.4 Å². The van der Waals surface area contributed by atoms with Gasteiger partial charge in [0.05, 0.1) is 34.4 Å². The second-order valence-electron chi connectivity index (χ2n) is 7.96. The maximum Gasteiger partial charge on any atom is 0.276 e. The van der Waals surface area contributed by atoms with Crippen molar-refractivity contribution in [2.45, 2.75) is 19.3 Å². The molecule has 0 amide bonds. The molecule has 4 rings (SSSR count). The van der Waals surface area contributed by atoms with Gasteiger partial charge in [0.25, 0.3) is 5.69 Å². The van der Waals surface area contributed by atoms with Gasteiger partial charge in [0.2, 0.25) is 6.79 Å². The van der Waals surface area contributed by atoms with E-state index in [1.165, 1.54) is 12.1 Å². The molecule has 3 aliphatic rings. The average Bonchev–Trinajstić information content (AvgIpc) is 3.25. The molecule has 2 heterocycles. The standard InChI is InChI=1S/C22H20N6O4/c1-2-4-27-5-3-13-15(8-23)21(26)22(10-24,11-25)20(16(13)9-27)14-6-18-19(32-12-31-18)7-17(14)28(29)30/h3,6-7,16,20H,2,4-5,9,12,26H2,1H3/t16-,20+/m0/s1. The van der Waals surface area contributed by atoms with Crippen LogP contribution in [0.25, 0.3) is 0 Å². The molecule has 2 atom stereocenters. The third kappa shape index (κ3) is 2.95. The second kappa shape index (κ2) is 7.88. The smallest absolute Gasteiger partial charge is 0.276 e. The molecule has 0 spiro atoms. The maximum absolute atomic E-state index is 12.0. The Bertz CT molecular complexity index is 1170. The van der Waals surface area contributed by atoms with Crippen LogP contribution in [0.1, 0.15) is 24.8 Å². The van der Waals surface area contributed by atoms with E-state index in [0.717, 1.165) is 13.0 Å². The molecular formula is C22H20N6O4. The Labute approximate surface area is 184 Å². The molecule has 0 saturated carbocycles. The highest BCUT2D eigenvalue weighted by Crippen LogP contribution is 2.57.